The fraction of sp³-hybridized carbons (Fsp3) is 0.421. The van der Waals surface area contributed by atoms with E-state index in [-0.39, 0.29) is 11.9 Å². The summed E-state index contributed by atoms with van der Waals surface area (Å²) in [6.45, 7) is 0. The van der Waals surface area contributed by atoms with Gasteiger partial charge in [0.2, 0.25) is 0 Å². The first kappa shape index (κ1) is 16.0. The number of hydrogen-bond acceptors (Lipinski definition) is 5. The van der Waals surface area contributed by atoms with Crippen molar-refractivity contribution in [1.82, 2.24) is 25.4 Å². The standard InChI is InChI=1S/C19H21N5OS/c1-24-13-3-4-14(24)10-12(9-13)21-18(25)17-15-8-11(19-20-6-7-26-19)2-5-16(15)22-23-17/h2,5-8,12-14H,3-4,9-10H2,1H3,(H,21,25)(H,22,23). The van der Waals surface area contributed by atoms with E-state index in [0.717, 1.165) is 34.3 Å². The molecule has 4 heterocycles. The van der Waals surface area contributed by atoms with Crippen LogP contribution in [0, 0.1) is 0 Å². The van der Waals surface area contributed by atoms with Crippen molar-refractivity contribution in [2.75, 3.05) is 7.05 Å². The third-order valence-electron chi connectivity index (χ3n) is 5.89. The Morgan fingerprint density at radius 3 is 2.85 bits per heavy atom. The summed E-state index contributed by atoms with van der Waals surface area (Å²) >= 11 is 1.59. The van der Waals surface area contributed by atoms with Gasteiger partial charge in [-0.25, -0.2) is 4.98 Å². The van der Waals surface area contributed by atoms with Crippen LogP contribution in [-0.4, -0.2) is 51.2 Å². The summed E-state index contributed by atoms with van der Waals surface area (Å²) in [6.07, 6.45) is 6.35. The summed E-state index contributed by atoms with van der Waals surface area (Å²) in [6, 6.07) is 7.43. The fourth-order valence-electron chi connectivity index (χ4n) is 4.47. The molecule has 6 nitrogen and oxygen atoms in total. The molecule has 2 atom stereocenters. The molecular formula is C19H21N5OS. The van der Waals surface area contributed by atoms with Gasteiger partial charge >= 0.3 is 0 Å². The molecule has 1 amide bonds. The number of carbonyl (C=O) groups is 1. The normalized spacial score (nSPS) is 25.7. The van der Waals surface area contributed by atoms with Crippen LogP contribution < -0.4 is 5.32 Å². The van der Waals surface area contributed by atoms with Crippen LogP contribution in [-0.2, 0) is 0 Å². The highest BCUT2D eigenvalue weighted by atomic mass is 32.1. The highest BCUT2D eigenvalue weighted by Crippen LogP contribution is 2.34. The molecule has 1 aromatic carbocycles. The van der Waals surface area contributed by atoms with Gasteiger partial charge in [-0.05, 0) is 50.9 Å². The number of aromatic nitrogens is 3. The highest BCUT2D eigenvalue weighted by Gasteiger charge is 2.39. The Morgan fingerprint density at radius 2 is 2.12 bits per heavy atom. The number of amides is 1. The first-order chi connectivity index (χ1) is 12.7. The fourth-order valence-corrected chi connectivity index (χ4v) is 5.10. The molecule has 7 heteroatoms. The van der Waals surface area contributed by atoms with Gasteiger partial charge in [0, 0.05) is 40.7 Å². The predicted molar refractivity (Wildman–Crippen MR) is 102 cm³/mol. The van der Waals surface area contributed by atoms with Gasteiger partial charge in [-0.1, -0.05) is 0 Å². The summed E-state index contributed by atoms with van der Waals surface area (Å²) in [7, 11) is 2.21. The zero-order chi connectivity index (χ0) is 17.7. The second kappa shape index (κ2) is 6.17. The first-order valence-corrected chi connectivity index (χ1v) is 9.98. The van der Waals surface area contributed by atoms with Crippen LogP contribution in [0.1, 0.15) is 36.2 Å². The van der Waals surface area contributed by atoms with Gasteiger partial charge in [0.15, 0.2) is 5.69 Å². The Morgan fingerprint density at radius 1 is 1.31 bits per heavy atom. The molecule has 2 unspecified atom stereocenters. The molecule has 0 spiro atoms. The van der Waals surface area contributed by atoms with E-state index in [2.05, 4.69) is 32.4 Å². The van der Waals surface area contributed by atoms with Crippen LogP contribution in [0.3, 0.4) is 0 Å². The highest BCUT2D eigenvalue weighted by molar-refractivity contribution is 7.13. The molecule has 2 aliphatic rings. The number of nitrogens with zero attached hydrogens (tertiary/aromatic N) is 3. The van der Waals surface area contributed by atoms with Gasteiger partial charge in [0.25, 0.3) is 5.91 Å². The second-order valence-electron chi connectivity index (χ2n) is 7.36. The number of thiazole rings is 1. The minimum absolute atomic E-state index is 0.0820. The van der Waals surface area contributed by atoms with Gasteiger partial charge in [-0.2, -0.15) is 5.10 Å². The maximum atomic E-state index is 12.9. The Hall–Kier alpha value is -2.25. The average Bonchev–Trinajstić information content (AvgIpc) is 3.34. The van der Waals surface area contributed by atoms with Crippen LogP contribution in [0.25, 0.3) is 21.5 Å². The largest absolute Gasteiger partial charge is 0.348 e. The number of hydrogen-bond donors (Lipinski definition) is 2. The summed E-state index contributed by atoms with van der Waals surface area (Å²) in [5.41, 5.74) is 2.36. The van der Waals surface area contributed by atoms with E-state index in [4.69, 9.17) is 0 Å². The SMILES string of the molecule is CN1C2CCC1CC(NC(=O)c1n[nH]c3ccc(-c4nccs4)cc13)C2. The van der Waals surface area contributed by atoms with E-state index >= 15 is 0 Å². The molecule has 0 radical (unpaired) electrons. The third-order valence-corrected chi connectivity index (χ3v) is 6.71. The Labute approximate surface area is 155 Å². The number of carbonyl (C=O) groups excluding carboxylic acids is 1. The zero-order valence-electron chi connectivity index (χ0n) is 14.6. The lowest BCUT2D eigenvalue weighted by Gasteiger charge is -2.36. The van der Waals surface area contributed by atoms with Gasteiger partial charge in [0.05, 0.1) is 5.52 Å². The average molecular weight is 367 g/mol. The van der Waals surface area contributed by atoms with Crippen molar-refractivity contribution in [2.45, 2.75) is 43.8 Å². The zero-order valence-corrected chi connectivity index (χ0v) is 15.4. The van der Waals surface area contributed by atoms with Gasteiger partial charge < -0.3 is 10.2 Å². The molecule has 3 aromatic rings. The Balaban J connectivity index is 1.40. The molecule has 2 aromatic heterocycles. The lowest BCUT2D eigenvalue weighted by Crippen LogP contribution is -2.48. The molecule has 0 aliphatic carbocycles. The molecule has 2 N–H and O–H groups in total. The number of fused-ring (bicyclic) bond motifs is 3. The molecule has 26 heavy (non-hydrogen) atoms. The van der Waals surface area contributed by atoms with E-state index in [1.54, 1.807) is 17.5 Å². The number of aromatic amines is 1. The van der Waals surface area contributed by atoms with Crippen LogP contribution >= 0.6 is 11.3 Å². The van der Waals surface area contributed by atoms with Crippen LogP contribution in [0.5, 0.6) is 0 Å². The minimum atomic E-state index is -0.0820. The van der Waals surface area contributed by atoms with E-state index in [1.807, 2.05) is 23.6 Å². The number of nitrogens with one attached hydrogen (secondary N) is 2. The van der Waals surface area contributed by atoms with Crippen molar-refractivity contribution in [1.29, 1.82) is 0 Å². The van der Waals surface area contributed by atoms with Crippen molar-refractivity contribution < 1.29 is 4.79 Å². The summed E-state index contributed by atoms with van der Waals surface area (Å²) in [5, 5.41) is 14.3. The van der Waals surface area contributed by atoms with Gasteiger partial charge in [-0.3, -0.25) is 9.89 Å². The topological polar surface area (TPSA) is 73.9 Å². The molecule has 2 saturated heterocycles. The number of piperidine rings is 1. The maximum absolute atomic E-state index is 12.9. The molecule has 134 valence electrons. The lowest BCUT2D eigenvalue weighted by molar-refractivity contribution is 0.0879. The maximum Gasteiger partial charge on any atom is 0.272 e. The Bertz CT molecular complexity index is 936. The monoisotopic (exact) mass is 367 g/mol. The molecule has 5 rings (SSSR count). The summed E-state index contributed by atoms with van der Waals surface area (Å²) in [5.74, 6) is -0.0820. The molecule has 0 saturated carbocycles. The van der Waals surface area contributed by atoms with Crippen LogP contribution in [0.15, 0.2) is 29.8 Å². The summed E-state index contributed by atoms with van der Waals surface area (Å²) < 4.78 is 0. The van der Waals surface area contributed by atoms with Gasteiger partial charge in [0.1, 0.15) is 5.01 Å². The van der Waals surface area contributed by atoms with Crippen molar-refractivity contribution in [3.05, 3.63) is 35.5 Å². The van der Waals surface area contributed by atoms with E-state index in [1.165, 1.54) is 12.8 Å². The van der Waals surface area contributed by atoms with Gasteiger partial charge in [-0.15, -0.1) is 11.3 Å². The van der Waals surface area contributed by atoms with Crippen molar-refractivity contribution in [3.8, 4) is 10.6 Å². The van der Waals surface area contributed by atoms with E-state index in [0.29, 0.717) is 17.8 Å². The predicted octanol–water partition coefficient (Wildman–Crippen LogP) is 3.04. The quantitative estimate of drug-likeness (QED) is 0.746. The first-order valence-electron chi connectivity index (χ1n) is 9.10. The second-order valence-corrected chi connectivity index (χ2v) is 8.26. The van der Waals surface area contributed by atoms with E-state index in [9.17, 15) is 4.79 Å². The molecule has 2 bridgehead atoms. The number of benzene rings is 1. The van der Waals surface area contributed by atoms with E-state index < -0.39 is 0 Å². The number of H-pyrrole nitrogens is 1. The third kappa shape index (κ3) is 2.62. The Kier molecular flexibility index (Phi) is 3.79. The van der Waals surface area contributed by atoms with Crippen LogP contribution in [0.2, 0.25) is 0 Å². The van der Waals surface area contributed by atoms with Crippen molar-refractivity contribution >= 4 is 28.1 Å². The smallest absolute Gasteiger partial charge is 0.272 e. The minimum Gasteiger partial charge on any atom is -0.348 e. The molecule has 2 fully saturated rings. The van der Waals surface area contributed by atoms with Crippen molar-refractivity contribution in [2.24, 2.45) is 0 Å². The lowest BCUT2D eigenvalue weighted by atomic mass is 9.98. The summed E-state index contributed by atoms with van der Waals surface area (Å²) in [4.78, 5) is 19.7. The number of rotatable bonds is 3. The molecule has 2 aliphatic heterocycles. The van der Waals surface area contributed by atoms with Crippen LogP contribution in [0.4, 0.5) is 0 Å². The molecular weight excluding hydrogens is 346 g/mol. The van der Waals surface area contributed by atoms with Crippen molar-refractivity contribution in [3.63, 3.8) is 0 Å².